The van der Waals surface area contributed by atoms with Gasteiger partial charge in [-0.3, -0.25) is 13.9 Å². The number of nitrogens with zero attached hydrogens (tertiary/aromatic N) is 7. The number of imidazole rings is 1. The van der Waals surface area contributed by atoms with E-state index in [1.807, 2.05) is 10.6 Å². The van der Waals surface area contributed by atoms with Gasteiger partial charge in [0.2, 0.25) is 5.91 Å². The highest BCUT2D eigenvalue weighted by Crippen LogP contribution is 2.42. The number of aromatic nitrogens is 7. The summed E-state index contributed by atoms with van der Waals surface area (Å²) >= 11 is 0. The molecule has 1 saturated carbocycles. The lowest BCUT2D eigenvalue weighted by molar-refractivity contribution is -0.122. The van der Waals surface area contributed by atoms with Crippen LogP contribution >= 0.6 is 0 Å². The molecule has 0 saturated heterocycles. The van der Waals surface area contributed by atoms with Crippen molar-refractivity contribution in [1.82, 2.24) is 39.0 Å². The van der Waals surface area contributed by atoms with Gasteiger partial charge in [0.05, 0.1) is 11.9 Å². The third-order valence-corrected chi connectivity index (χ3v) is 7.54. The Labute approximate surface area is 216 Å². The first-order valence-electron chi connectivity index (χ1n) is 12.9. The molecule has 0 aromatic carbocycles. The number of carbonyl (C=O) groups excluding carboxylic acids is 1. The standard InChI is InChI=1S/C27H36N8O2/c1-26(2,3)15-34-20-8-7-19(31-23(20)33(6)25(34)37)18-9-10-27(4,5)21(12-18)32-22(36)11-17-13-28-24-29-16-30-35(24)14-17/h7-8,13-14,16,18,21H,9-12,15H2,1-6H3,(H,32,36). The predicted molar refractivity (Wildman–Crippen MR) is 141 cm³/mol. The Morgan fingerprint density at radius 2 is 2.00 bits per heavy atom. The second-order valence-electron chi connectivity index (χ2n) is 12.3. The highest BCUT2D eigenvalue weighted by atomic mass is 16.2. The van der Waals surface area contributed by atoms with Crippen LogP contribution in [0, 0.1) is 10.8 Å². The lowest BCUT2D eigenvalue weighted by atomic mass is 9.68. The number of nitrogens with one attached hydrogen (secondary N) is 1. The van der Waals surface area contributed by atoms with E-state index in [2.05, 4.69) is 61.1 Å². The largest absolute Gasteiger partial charge is 0.353 e. The zero-order valence-electron chi connectivity index (χ0n) is 22.5. The van der Waals surface area contributed by atoms with Crippen molar-refractivity contribution in [2.24, 2.45) is 17.9 Å². The molecule has 1 fully saturated rings. The van der Waals surface area contributed by atoms with Gasteiger partial charge in [-0.1, -0.05) is 34.6 Å². The number of rotatable bonds is 5. The summed E-state index contributed by atoms with van der Waals surface area (Å²) in [6, 6.07) is 4.10. The van der Waals surface area contributed by atoms with Gasteiger partial charge in [0, 0.05) is 43.6 Å². The molecule has 4 aromatic heterocycles. The van der Waals surface area contributed by atoms with E-state index in [-0.39, 0.29) is 40.8 Å². The number of hydrogen-bond acceptors (Lipinski definition) is 6. The number of fused-ring (bicyclic) bond motifs is 2. The van der Waals surface area contributed by atoms with E-state index in [9.17, 15) is 9.59 Å². The number of carbonyl (C=O) groups is 1. The Morgan fingerprint density at radius 3 is 2.76 bits per heavy atom. The van der Waals surface area contributed by atoms with Crippen LogP contribution in [-0.4, -0.2) is 45.6 Å². The maximum atomic E-state index is 13.0. The van der Waals surface area contributed by atoms with Gasteiger partial charge in [0.15, 0.2) is 5.65 Å². The van der Waals surface area contributed by atoms with Crippen LogP contribution in [0.3, 0.4) is 0 Å². The van der Waals surface area contributed by atoms with Crippen molar-refractivity contribution >= 4 is 22.8 Å². The summed E-state index contributed by atoms with van der Waals surface area (Å²) in [5.74, 6) is 0.679. The van der Waals surface area contributed by atoms with Gasteiger partial charge >= 0.3 is 5.69 Å². The second kappa shape index (κ2) is 9.08. The van der Waals surface area contributed by atoms with Gasteiger partial charge in [0.1, 0.15) is 6.33 Å². The molecule has 5 rings (SSSR count). The quantitative estimate of drug-likeness (QED) is 0.447. The topological polar surface area (TPSA) is 112 Å². The molecule has 2 atom stereocenters. The summed E-state index contributed by atoms with van der Waals surface area (Å²) in [5, 5.41) is 7.39. The molecule has 10 nitrogen and oxygen atoms in total. The van der Waals surface area contributed by atoms with Crippen LogP contribution in [0.4, 0.5) is 0 Å². The summed E-state index contributed by atoms with van der Waals surface area (Å²) in [7, 11) is 1.79. The summed E-state index contributed by atoms with van der Waals surface area (Å²) in [6.07, 6.45) is 7.90. The number of hydrogen-bond donors (Lipinski definition) is 1. The predicted octanol–water partition coefficient (Wildman–Crippen LogP) is 3.24. The number of aryl methyl sites for hydroxylation is 1. The molecule has 2 unspecified atom stereocenters. The van der Waals surface area contributed by atoms with Gasteiger partial charge in [-0.25, -0.2) is 19.3 Å². The van der Waals surface area contributed by atoms with Crippen molar-refractivity contribution in [3.05, 3.63) is 52.6 Å². The maximum Gasteiger partial charge on any atom is 0.330 e. The minimum Gasteiger partial charge on any atom is -0.353 e. The van der Waals surface area contributed by atoms with Crippen molar-refractivity contribution in [2.45, 2.75) is 78.8 Å². The molecule has 4 heterocycles. The first-order chi connectivity index (χ1) is 17.4. The van der Waals surface area contributed by atoms with Gasteiger partial charge in [-0.2, -0.15) is 10.1 Å². The Kier molecular flexibility index (Phi) is 6.16. The lowest BCUT2D eigenvalue weighted by Crippen LogP contribution is -2.48. The van der Waals surface area contributed by atoms with Gasteiger partial charge in [-0.15, -0.1) is 0 Å². The van der Waals surface area contributed by atoms with Crippen molar-refractivity contribution in [3.8, 4) is 0 Å². The molecule has 196 valence electrons. The fourth-order valence-electron chi connectivity index (χ4n) is 5.39. The minimum atomic E-state index is -0.0388. The lowest BCUT2D eigenvalue weighted by Gasteiger charge is -2.42. The maximum absolute atomic E-state index is 13.0. The molecule has 0 bridgehead atoms. The summed E-state index contributed by atoms with van der Waals surface area (Å²) in [4.78, 5) is 39.2. The van der Waals surface area contributed by atoms with Crippen molar-refractivity contribution in [1.29, 1.82) is 0 Å². The van der Waals surface area contributed by atoms with Crippen LogP contribution in [-0.2, 0) is 24.8 Å². The van der Waals surface area contributed by atoms with Gasteiger partial charge < -0.3 is 5.32 Å². The molecule has 4 aromatic rings. The van der Waals surface area contributed by atoms with Gasteiger partial charge in [-0.05, 0) is 47.8 Å². The van der Waals surface area contributed by atoms with Gasteiger partial charge in [0.25, 0.3) is 5.78 Å². The van der Waals surface area contributed by atoms with E-state index < -0.39 is 0 Å². The molecule has 10 heteroatoms. The summed E-state index contributed by atoms with van der Waals surface area (Å²) in [5.41, 5.74) is 3.25. The van der Waals surface area contributed by atoms with E-state index in [0.29, 0.717) is 18.0 Å². The summed E-state index contributed by atoms with van der Waals surface area (Å²) in [6.45, 7) is 11.4. The zero-order chi connectivity index (χ0) is 26.5. The molecule has 1 amide bonds. The fourth-order valence-corrected chi connectivity index (χ4v) is 5.39. The Morgan fingerprint density at radius 1 is 1.22 bits per heavy atom. The molecule has 0 aliphatic heterocycles. The fraction of sp³-hybridized carbons (Fsp3) is 0.556. The molecule has 1 N–H and O–H groups in total. The van der Waals surface area contributed by atoms with Crippen LogP contribution in [0.5, 0.6) is 0 Å². The Hall–Kier alpha value is -3.56. The molecular formula is C27H36N8O2. The highest BCUT2D eigenvalue weighted by Gasteiger charge is 2.38. The van der Waals surface area contributed by atoms with Crippen LogP contribution in [0.15, 0.2) is 35.6 Å². The normalized spacial score (nSPS) is 19.9. The Bertz CT molecular complexity index is 1520. The number of pyridine rings is 1. The zero-order valence-corrected chi connectivity index (χ0v) is 22.5. The van der Waals surface area contributed by atoms with Crippen LogP contribution in [0.2, 0.25) is 0 Å². The molecular weight excluding hydrogens is 468 g/mol. The monoisotopic (exact) mass is 504 g/mol. The van der Waals surface area contributed by atoms with E-state index in [1.165, 1.54) is 6.33 Å². The first kappa shape index (κ1) is 25.1. The van der Waals surface area contributed by atoms with E-state index in [0.717, 1.165) is 36.0 Å². The third kappa shape index (κ3) is 5.01. The molecule has 1 aliphatic carbocycles. The number of amides is 1. The SMILES string of the molecule is Cn1c(=O)n(CC(C)(C)C)c2ccc(C3CCC(C)(C)C(NC(=O)Cc4cnc5ncnn5c4)C3)nc21. The van der Waals surface area contributed by atoms with Crippen LogP contribution < -0.4 is 11.0 Å². The van der Waals surface area contributed by atoms with E-state index in [1.54, 1.807) is 28.5 Å². The third-order valence-electron chi connectivity index (χ3n) is 7.54. The van der Waals surface area contributed by atoms with Crippen LogP contribution in [0.1, 0.15) is 71.1 Å². The second-order valence-corrected chi connectivity index (χ2v) is 12.3. The van der Waals surface area contributed by atoms with Crippen molar-refractivity contribution in [3.63, 3.8) is 0 Å². The molecule has 0 radical (unpaired) electrons. The van der Waals surface area contributed by atoms with E-state index in [4.69, 9.17) is 4.98 Å². The van der Waals surface area contributed by atoms with Crippen molar-refractivity contribution in [2.75, 3.05) is 0 Å². The van der Waals surface area contributed by atoms with Crippen molar-refractivity contribution < 1.29 is 4.79 Å². The highest BCUT2D eigenvalue weighted by molar-refractivity contribution is 5.79. The molecule has 1 aliphatic rings. The van der Waals surface area contributed by atoms with E-state index >= 15 is 0 Å². The summed E-state index contributed by atoms with van der Waals surface area (Å²) < 4.78 is 5.05. The minimum absolute atomic E-state index is 0.00798. The van der Waals surface area contributed by atoms with Crippen LogP contribution in [0.25, 0.3) is 16.9 Å². The first-order valence-corrected chi connectivity index (χ1v) is 12.9. The molecule has 37 heavy (non-hydrogen) atoms. The average Bonchev–Trinajstić information content (AvgIpc) is 3.38. The Balaban J connectivity index is 1.34. The average molecular weight is 505 g/mol. The molecule has 0 spiro atoms. The smallest absolute Gasteiger partial charge is 0.330 e.